The highest BCUT2D eigenvalue weighted by Gasteiger charge is 2.13. The third kappa shape index (κ3) is 3.72. The van der Waals surface area contributed by atoms with E-state index in [-0.39, 0.29) is 11.7 Å². The van der Waals surface area contributed by atoms with Crippen molar-refractivity contribution < 1.29 is 4.74 Å². The van der Waals surface area contributed by atoms with E-state index in [1.165, 1.54) is 15.6 Å². The smallest absolute Gasteiger partial charge is 0.345 e. The molecule has 0 saturated carbocycles. The van der Waals surface area contributed by atoms with Gasteiger partial charge in [-0.1, -0.05) is 19.1 Å². The Bertz CT molecular complexity index is 615. The van der Waals surface area contributed by atoms with Gasteiger partial charge in [-0.2, -0.15) is 5.10 Å². The van der Waals surface area contributed by atoms with Crippen LogP contribution in [-0.4, -0.2) is 28.0 Å². The number of hydrogen-bond acceptors (Lipinski definition) is 4. The van der Waals surface area contributed by atoms with Crippen LogP contribution in [0, 0.1) is 0 Å². The molecule has 0 aliphatic carbocycles. The van der Waals surface area contributed by atoms with Crippen molar-refractivity contribution in [3.63, 3.8) is 0 Å². The van der Waals surface area contributed by atoms with Crippen LogP contribution in [0.4, 0.5) is 0 Å². The van der Waals surface area contributed by atoms with Gasteiger partial charge in [0.05, 0.1) is 19.2 Å². The van der Waals surface area contributed by atoms with E-state index in [4.69, 9.17) is 4.74 Å². The first-order valence-electron chi connectivity index (χ1n) is 7.14. The SMILES string of the molecule is CCCOc1ccc(C(Cn2ncn(C)c2=O)NC)cc1. The maximum Gasteiger partial charge on any atom is 0.345 e. The average Bonchev–Trinajstić information content (AvgIpc) is 2.83. The molecule has 1 aromatic carbocycles. The fraction of sp³-hybridized carbons (Fsp3) is 0.467. The molecule has 0 bridgehead atoms. The van der Waals surface area contributed by atoms with Gasteiger partial charge >= 0.3 is 5.69 Å². The van der Waals surface area contributed by atoms with Crippen LogP contribution in [0.25, 0.3) is 0 Å². The number of nitrogens with zero attached hydrogens (tertiary/aromatic N) is 3. The standard InChI is InChI=1S/C15H22N4O2/c1-4-9-21-13-7-5-12(6-8-13)14(16-2)10-19-15(20)18(3)11-17-19/h5-8,11,14,16H,4,9-10H2,1-3H3. The van der Waals surface area contributed by atoms with E-state index >= 15 is 0 Å². The van der Waals surface area contributed by atoms with Crippen LogP contribution in [0.15, 0.2) is 35.4 Å². The van der Waals surface area contributed by atoms with Crippen LogP contribution >= 0.6 is 0 Å². The number of aromatic nitrogens is 3. The molecule has 6 nitrogen and oxygen atoms in total. The molecule has 1 unspecified atom stereocenters. The van der Waals surface area contributed by atoms with Gasteiger partial charge in [0.15, 0.2) is 0 Å². The molecule has 2 aromatic rings. The van der Waals surface area contributed by atoms with E-state index in [1.54, 1.807) is 7.05 Å². The predicted octanol–water partition coefficient (Wildman–Crippen LogP) is 1.33. The van der Waals surface area contributed by atoms with E-state index < -0.39 is 0 Å². The van der Waals surface area contributed by atoms with Crippen molar-refractivity contribution in [3.05, 3.63) is 46.6 Å². The Hall–Kier alpha value is -2.08. The van der Waals surface area contributed by atoms with Crippen LogP contribution < -0.4 is 15.7 Å². The van der Waals surface area contributed by atoms with E-state index in [2.05, 4.69) is 17.3 Å². The number of aryl methyl sites for hydroxylation is 1. The first-order chi connectivity index (χ1) is 10.2. The van der Waals surface area contributed by atoms with Crippen molar-refractivity contribution in [1.82, 2.24) is 19.7 Å². The maximum absolute atomic E-state index is 11.8. The fourth-order valence-corrected chi connectivity index (χ4v) is 2.10. The highest BCUT2D eigenvalue weighted by Crippen LogP contribution is 2.18. The molecule has 0 spiro atoms. The summed E-state index contributed by atoms with van der Waals surface area (Å²) in [5, 5.41) is 7.31. The second kappa shape index (κ2) is 7.08. The Labute approximate surface area is 124 Å². The lowest BCUT2D eigenvalue weighted by atomic mass is 10.1. The van der Waals surface area contributed by atoms with Crippen molar-refractivity contribution in [2.24, 2.45) is 7.05 Å². The quantitative estimate of drug-likeness (QED) is 0.836. The van der Waals surface area contributed by atoms with Crippen LogP contribution in [0.3, 0.4) is 0 Å². The molecule has 0 radical (unpaired) electrons. The number of ether oxygens (including phenoxy) is 1. The van der Waals surface area contributed by atoms with Crippen LogP contribution in [0.1, 0.15) is 24.9 Å². The summed E-state index contributed by atoms with van der Waals surface area (Å²) in [5.41, 5.74) is 0.983. The second-order valence-corrected chi connectivity index (χ2v) is 4.97. The van der Waals surface area contributed by atoms with Crippen LogP contribution in [0.2, 0.25) is 0 Å². The summed E-state index contributed by atoms with van der Waals surface area (Å²) in [4.78, 5) is 11.8. The monoisotopic (exact) mass is 290 g/mol. The maximum atomic E-state index is 11.8. The van der Waals surface area contributed by atoms with Crippen molar-refractivity contribution >= 4 is 0 Å². The zero-order valence-corrected chi connectivity index (χ0v) is 12.7. The Balaban J connectivity index is 2.10. The lowest BCUT2D eigenvalue weighted by Gasteiger charge is -2.16. The second-order valence-electron chi connectivity index (χ2n) is 4.97. The van der Waals surface area contributed by atoms with Crippen LogP contribution in [-0.2, 0) is 13.6 Å². The van der Waals surface area contributed by atoms with Gasteiger partial charge < -0.3 is 10.1 Å². The summed E-state index contributed by atoms with van der Waals surface area (Å²) < 4.78 is 8.50. The molecule has 0 saturated heterocycles. The summed E-state index contributed by atoms with van der Waals surface area (Å²) in [6.07, 6.45) is 2.51. The molecule has 0 aliphatic heterocycles. The van der Waals surface area contributed by atoms with Crippen molar-refractivity contribution in [1.29, 1.82) is 0 Å². The molecule has 114 valence electrons. The van der Waals surface area contributed by atoms with Gasteiger partial charge in [0, 0.05) is 7.05 Å². The fourth-order valence-electron chi connectivity index (χ4n) is 2.10. The highest BCUT2D eigenvalue weighted by molar-refractivity contribution is 5.29. The largest absolute Gasteiger partial charge is 0.494 e. The Morgan fingerprint density at radius 3 is 2.57 bits per heavy atom. The van der Waals surface area contributed by atoms with E-state index in [1.807, 2.05) is 31.3 Å². The van der Waals surface area contributed by atoms with Gasteiger partial charge in [0.1, 0.15) is 12.1 Å². The van der Waals surface area contributed by atoms with Gasteiger partial charge in [-0.25, -0.2) is 9.48 Å². The number of nitrogens with one attached hydrogen (secondary N) is 1. The van der Waals surface area contributed by atoms with E-state index in [9.17, 15) is 4.79 Å². The molecular weight excluding hydrogens is 268 g/mol. The zero-order valence-electron chi connectivity index (χ0n) is 12.7. The molecule has 21 heavy (non-hydrogen) atoms. The molecule has 1 aromatic heterocycles. The third-order valence-electron chi connectivity index (χ3n) is 3.35. The molecule has 0 fully saturated rings. The molecule has 2 rings (SSSR count). The molecule has 0 amide bonds. The normalized spacial score (nSPS) is 12.3. The Kier molecular flexibility index (Phi) is 5.16. The van der Waals surface area contributed by atoms with Crippen molar-refractivity contribution in [3.8, 4) is 5.75 Å². The highest BCUT2D eigenvalue weighted by atomic mass is 16.5. The van der Waals surface area contributed by atoms with Gasteiger partial charge in [-0.3, -0.25) is 4.57 Å². The van der Waals surface area contributed by atoms with Crippen molar-refractivity contribution in [2.75, 3.05) is 13.7 Å². The number of hydrogen-bond donors (Lipinski definition) is 1. The van der Waals surface area contributed by atoms with E-state index in [0.29, 0.717) is 6.54 Å². The summed E-state index contributed by atoms with van der Waals surface area (Å²) in [6, 6.07) is 7.96. The Morgan fingerprint density at radius 2 is 2.05 bits per heavy atom. The van der Waals surface area contributed by atoms with Gasteiger partial charge in [-0.15, -0.1) is 0 Å². The predicted molar refractivity (Wildman–Crippen MR) is 81.5 cm³/mol. The molecule has 6 heteroatoms. The molecule has 1 atom stereocenters. The minimum Gasteiger partial charge on any atom is -0.494 e. The molecule has 1 heterocycles. The summed E-state index contributed by atoms with van der Waals surface area (Å²) in [5.74, 6) is 0.866. The average molecular weight is 290 g/mol. The lowest BCUT2D eigenvalue weighted by molar-refractivity contribution is 0.317. The van der Waals surface area contributed by atoms with E-state index in [0.717, 1.165) is 24.3 Å². The van der Waals surface area contributed by atoms with Gasteiger partial charge in [-0.05, 0) is 31.2 Å². The number of rotatable bonds is 7. The number of benzene rings is 1. The number of likely N-dealkylation sites (N-methyl/N-ethyl adjacent to an activating group) is 1. The summed E-state index contributed by atoms with van der Waals surface area (Å²) >= 11 is 0. The minimum absolute atomic E-state index is 0.0258. The van der Waals surface area contributed by atoms with Crippen molar-refractivity contribution in [2.45, 2.75) is 25.9 Å². The minimum atomic E-state index is -0.113. The topological polar surface area (TPSA) is 61.1 Å². The summed E-state index contributed by atoms with van der Waals surface area (Å²) in [6.45, 7) is 3.29. The first-order valence-corrected chi connectivity index (χ1v) is 7.14. The molecular formula is C15H22N4O2. The van der Waals surface area contributed by atoms with Gasteiger partial charge in [0.25, 0.3) is 0 Å². The molecule has 1 N–H and O–H groups in total. The Morgan fingerprint density at radius 1 is 1.33 bits per heavy atom. The first kappa shape index (κ1) is 15.3. The summed E-state index contributed by atoms with van der Waals surface area (Å²) in [7, 11) is 3.57. The van der Waals surface area contributed by atoms with Crippen LogP contribution in [0.5, 0.6) is 5.75 Å². The third-order valence-corrected chi connectivity index (χ3v) is 3.35. The lowest BCUT2D eigenvalue weighted by Crippen LogP contribution is -2.30. The van der Waals surface area contributed by atoms with Gasteiger partial charge in [0.2, 0.25) is 0 Å². The molecule has 0 aliphatic rings. The zero-order chi connectivity index (χ0) is 15.2.